The lowest BCUT2D eigenvalue weighted by molar-refractivity contribution is -0.0906. The minimum atomic E-state index is -0.494. The Hall–Kier alpha value is -3.44. The van der Waals surface area contributed by atoms with E-state index in [9.17, 15) is 5.11 Å². The highest BCUT2D eigenvalue weighted by Crippen LogP contribution is 2.72. The molecule has 1 N–H and O–H groups in total. The van der Waals surface area contributed by atoms with Crippen LogP contribution >= 0.6 is 0 Å². The molecule has 5 nitrogen and oxygen atoms in total. The standard InChI is InChI=1S/C35H36N4O/c1-34(2)23-15-25(34)31(19-13-29(38-17-21(19)23)27-9-5-7-11-36-27)33(40)32-20-14-30(28-10-6-8-12-37-28)39-18-22(20)24-16-26(32)35(24,3)4/h5-14,17-18,23-26,31-33,40H,15-16H2,1-4H3/t23-,24-,25+,26+,31+,32+/m0/s1. The van der Waals surface area contributed by atoms with Gasteiger partial charge in [0.15, 0.2) is 0 Å². The van der Waals surface area contributed by atoms with Crippen LogP contribution in [0.25, 0.3) is 22.8 Å². The molecule has 0 aromatic carbocycles. The van der Waals surface area contributed by atoms with Gasteiger partial charge in [0.05, 0.1) is 28.9 Å². The lowest BCUT2D eigenvalue weighted by atomic mass is 9.40. The Bertz CT molecular complexity index is 1490. The van der Waals surface area contributed by atoms with Crippen molar-refractivity contribution in [1.29, 1.82) is 0 Å². The van der Waals surface area contributed by atoms with E-state index in [1.165, 1.54) is 22.3 Å². The fraction of sp³-hybridized carbons (Fsp3) is 0.429. The van der Waals surface area contributed by atoms with Crippen LogP contribution in [0.2, 0.25) is 0 Å². The van der Waals surface area contributed by atoms with Gasteiger partial charge in [-0.05, 0) is 106 Å². The smallest absolute Gasteiger partial charge is 0.0889 e. The molecular formula is C35H36N4O. The summed E-state index contributed by atoms with van der Waals surface area (Å²) in [4.78, 5) is 18.9. The van der Waals surface area contributed by atoms with Crippen LogP contribution in [0.15, 0.2) is 73.3 Å². The van der Waals surface area contributed by atoms with Crippen LogP contribution in [0.1, 0.15) is 86.5 Å². The Labute approximate surface area is 236 Å². The van der Waals surface area contributed by atoms with Crippen molar-refractivity contribution in [3.05, 3.63) is 95.6 Å². The van der Waals surface area contributed by atoms with Crippen LogP contribution in [0.3, 0.4) is 0 Å². The number of nitrogens with zero attached hydrogens (tertiary/aromatic N) is 4. The molecule has 4 bridgehead atoms. The van der Waals surface area contributed by atoms with Gasteiger partial charge in [-0.3, -0.25) is 19.9 Å². The van der Waals surface area contributed by atoms with Crippen molar-refractivity contribution in [2.45, 2.75) is 70.3 Å². The molecule has 0 amide bonds. The van der Waals surface area contributed by atoms with Gasteiger partial charge in [-0.2, -0.15) is 0 Å². The van der Waals surface area contributed by atoms with Crippen molar-refractivity contribution in [3.8, 4) is 22.8 Å². The number of aliphatic hydroxyl groups excluding tert-OH is 1. The molecule has 0 saturated heterocycles. The molecule has 2 saturated carbocycles. The van der Waals surface area contributed by atoms with E-state index in [1.807, 2.05) is 48.8 Å². The van der Waals surface area contributed by atoms with E-state index in [-0.39, 0.29) is 22.7 Å². The van der Waals surface area contributed by atoms with Gasteiger partial charge in [0.25, 0.3) is 0 Å². The molecule has 0 radical (unpaired) electrons. The molecule has 6 aliphatic rings. The summed E-state index contributed by atoms with van der Waals surface area (Å²) in [5.41, 5.74) is 9.04. The molecule has 6 atom stereocenters. The highest BCUT2D eigenvalue weighted by molar-refractivity contribution is 5.60. The molecule has 2 fully saturated rings. The zero-order valence-electron chi connectivity index (χ0n) is 23.6. The van der Waals surface area contributed by atoms with E-state index < -0.39 is 6.10 Å². The molecule has 202 valence electrons. The zero-order valence-corrected chi connectivity index (χ0v) is 23.6. The average Bonchev–Trinajstić information content (AvgIpc) is 2.99. The SMILES string of the molecule is CC1(C)[C@@H]2C[C@H]1c1cnc(-c3ccccn3)cc1[C@H]2C(O)[C@@H]1c2cc(-c3ccccn3)ncc2[C@@H]2C[C@H]1C2(C)C. The van der Waals surface area contributed by atoms with Crippen molar-refractivity contribution in [3.63, 3.8) is 0 Å². The minimum Gasteiger partial charge on any atom is -0.392 e. The number of rotatable bonds is 4. The Morgan fingerprint density at radius 3 is 1.45 bits per heavy atom. The molecule has 10 rings (SSSR count). The van der Waals surface area contributed by atoms with Crippen LogP contribution in [0.5, 0.6) is 0 Å². The summed E-state index contributed by atoms with van der Waals surface area (Å²) in [6.07, 6.45) is 9.57. The van der Waals surface area contributed by atoms with Gasteiger partial charge < -0.3 is 5.11 Å². The first-order valence-electron chi connectivity index (χ1n) is 14.8. The monoisotopic (exact) mass is 528 g/mol. The van der Waals surface area contributed by atoms with Gasteiger partial charge in [0, 0.05) is 36.6 Å². The maximum atomic E-state index is 12.7. The fourth-order valence-electron chi connectivity index (χ4n) is 9.13. The molecule has 6 aliphatic carbocycles. The van der Waals surface area contributed by atoms with E-state index in [1.54, 1.807) is 0 Å². The van der Waals surface area contributed by atoms with Crippen molar-refractivity contribution >= 4 is 0 Å². The number of pyridine rings is 4. The van der Waals surface area contributed by atoms with E-state index in [0.29, 0.717) is 23.7 Å². The molecule has 4 aromatic heterocycles. The second-order valence-corrected chi connectivity index (χ2v) is 13.8. The topological polar surface area (TPSA) is 71.8 Å². The second-order valence-electron chi connectivity index (χ2n) is 13.8. The maximum Gasteiger partial charge on any atom is 0.0889 e. The number of hydrogen-bond acceptors (Lipinski definition) is 5. The summed E-state index contributed by atoms with van der Waals surface area (Å²) < 4.78 is 0. The first-order chi connectivity index (χ1) is 19.3. The van der Waals surface area contributed by atoms with E-state index >= 15 is 0 Å². The molecule has 40 heavy (non-hydrogen) atoms. The average molecular weight is 529 g/mol. The highest BCUT2D eigenvalue weighted by atomic mass is 16.3. The first-order valence-corrected chi connectivity index (χ1v) is 14.8. The van der Waals surface area contributed by atoms with Gasteiger partial charge in [0.2, 0.25) is 0 Å². The normalized spacial score (nSPS) is 30.1. The van der Waals surface area contributed by atoms with Gasteiger partial charge in [0.1, 0.15) is 0 Å². The molecule has 0 aliphatic heterocycles. The lowest BCUT2D eigenvalue weighted by Crippen LogP contribution is -2.58. The van der Waals surface area contributed by atoms with Crippen molar-refractivity contribution in [2.24, 2.45) is 22.7 Å². The zero-order chi connectivity index (χ0) is 27.4. The number of aliphatic hydroxyl groups is 1. The van der Waals surface area contributed by atoms with Crippen molar-refractivity contribution in [2.75, 3.05) is 0 Å². The van der Waals surface area contributed by atoms with E-state index in [0.717, 1.165) is 35.6 Å². The summed E-state index contributed by atoms with van der Waals surface area (Å²) in [6.45, 7) is 9.57. The lowest BCUT2D eigenvalue weighted by Gasteiger charge is -2.65. The fourth-order valence-corrected chi connectivity index (χ4v) is 9.13. The van der Waals surface area contributed by atoms with E-state index in [4.69, 9.17) is 9.97 Å². The minimum absolute atomic E-state index is 0.0535. The maximum absolute atomic E-state index is 12.7. The molecule has 0 unspecified atom stereocenters. The Balaban J connectivity index is 1.27. The summed E-state index contributed by atoms with van der Waals surface area (Å²) in [6, 6.07) is 16.4. The van der Waals surface area contributed by atoms with Crippen LogP contribution in [-0.2, 0) is 0 Å². The first kappa shape index (κ1) is 24.4. The number of aromatic nitrogens is 4. The summed E-state index contributed by atoms with van der Waals surface area (Å²) in [5.74, 6) is 1.95. The van der Waals surface area contributed by atoms with Gasteiger partial charge in [-0.25, -0.2) is 0 Å². The molecule has 4 aromatic rings. The van der Waals surface area contributed by atoms with Crippen LogP contribution in [0, 0.1) is 22.7 Å². The second kappa shape index (κ2) is 8.29. The Morgan fingerprint density at radius 1 is 0.625 bits per heavy atom. The largest absolute Gasteiger partial charge is 0.392 e. The third-order valence-electron chi connectivity index (χ3n) is 11.5. The molecule has 4 heterocycles. The Kier molecular flexibility index (Phi) is 5.05. The van der Waals surface area contributed by atoms with Crippen LogP contribution in [-0.4, -0.2) is 31.1 Å². The van der Waals surface area contributed by atoms with Crippen LogP contribution < -0.4 is 0 Å². The van der Waals surface area contributed by atoms with Gasteiger partial charge in [-0.1, -0.05) is 39.8 Å². The highest BCUT2D eigenvalue weighted by Gasteiger charge is 2.63. The third kappa shape index (κ3) is 3.18. The summed E-state index contributed by atoms with van der Waals surface area (Å²) in [7, 11) is 0. The summed E-state index contributed by atoms with van der Waals surface area (Å²) >= 11 is 0. The predicted octanol–water partition coefficient (Wildman–Crippen LogP) is 7.12. The predicted molar refractivity (Wildman–Crippen MR) is 156 cm³/mol. The van der Waals surface area contributed by atoms with Crippen LogP contribution in [0.4, 0.5) is 0 Å². The molecule has 5 heteroatoms. The van der Waals surface area contributed by atoms with Gasteiger partial charge in [-0.15, -0.1) is 0 Å². The third-order valence-corrected chi connectivity index (χ3v) is 11.5. The van der Waals surface area contributed by atoms with E-state index in [2.05, 4.69) is 62.2 Å². The quantitative estimate of drug-likeness (QED) is 0.305. The Morgan fingerprint density at radius 2 is 1.07 bits per heavy atom. The van der Waals surface area contributed by atoms with Crippen molar-refractivity contribution < 1.29 is 5.11 Å². The van der Waals surface area contributed by atoms with Crippen molar-refractivity contribution in [1.82, 2.24) is 19.9 Å². The molecular weight excluding hydrogens is 492 g/mol. The number of hydrogen-bond donors (Lipinski definition) is 1. The summed E-state index contributed by atoms with van der Waals surface area (Å²) in [5, 5.41) is 12.7. The molecule has 0 spiro atoms. The van der Waals surface area contributed by atoms with Gasteiger partial charge >= 0.3 is 0 Å².